The van der Waals surface area contributed by atoms with Crippen molar-refractivity contribution >= 4 is 18.1 Å². The van der Waals surface area contributed by atoms with E-state index in [-0.39, 0.29) is 5.97 Å². The van der Waals surface area contributed by atoms with Gasteiger partial charge in [-0.1, -0.05) is 37.6 Å². The van der Waals surface area contributed by atoms with Gasteiger partial charge in [0.05, 0.1) is 5.69 Å². The van der Waals surface area contributed by atoms with Gasteiger partial charge < -0.3 is 4.74 Å². The molecule has 3 heteroatoms. The topological polar surface area (TPSA) is 39.2 Å². The number of rotatable bonds is 6. The molecular weight excluding hydrogens is 262 g/mol. The standard InChI is InChI=1S/C18H19NO2/c1-2-3-7-18(20)21-17-12-9-15(10-13-17)8-11-16-6-4-5-14-19-16/h4-6,8-14H,2-3,7H2,1H3/b11-8+. The molecule has 0 saturated heterocycles. The van der Waals surface area contributed by atoms with Crippen molar-refractivity contribution < 1.29 is 9.53 Å². The minimum atomic E-state index is -0.173. The molecule has 0 unspecified atom stereocenters. The van der Waals surface area contributed by atoms with Crippen LogP contribution < -0.4 is 4.74 Å². The minimum Gasteiger partial charge on any atom is -0.427 e. The van der Waals surface area contributed by atoms with E-state index in [9.17, 15) is 4.79 Å². The number of benzene rings is 1. The maximum Gasteiger partial charge on any atom is 0.311 e. The van der Waals surface area contributed by atoms with Crippen LogP contribution in [0.1, 0.15) is 37.4 Å². The Morgan fingerprint density at radius 2 is 1.95 bits per heavy atom. The van der Waals surface area contributed by atoms with Gasteiger partial charge in [-0.3, -0.25) is 9.78 Å². The quantitative estimate of drug-likeness (QED) is 0.583. The highest BCUT2D eigenvalue weighted by Crippen LogP contribution is 2.15. The van der Waals surface area contributed by atoms with Gasteiger partial charge in [0.2, 0.25) is 0 Å². The normalized spacial score (nSPS) is 10.7. The fourth-order valence-corrected chi connectivity index (χ4v) is 1.81. The minimum absolute atomic E-state index is 0.173. The molecule has 108 valence electrons. The maximum absolute atomic E-state index is 11.5. The van der Waals surface area contributed by atoms with Crippen molar-refractivity contribution in [2.45, 2.75) is 26.2 Å². The lowest BCUT2D eigenvalue weighted by Gasteiger charge is -2.03. The van der Waals surface area contributed by atoms with Crippen molar-refractivity contribution in [1.82, 2.24) is 4.98 Å². The molecule has 0 fully saturated rings. The van der Waals surface area contributed by atoms with Gasteiger partial charge in [0.15, 0.2) is 0 Å². The third kappa shape index (κ3) is 5.22. The average Bonchev–Trinajstić information content (AvgIpc) is 2.53. The average molecular weight is 281 g/mol. The van der Waals surface area contributed by atoms with Crippen LogP contribution in [0.25, 0.3) is 12.2 Å². The predicted octanol–water partition coefficient (Wildman–Crippen LogP) is 4.35. The first-order chi connectivity index (χ1) is 10.3. The molecule has 0 atom stereocenters. The Balaban J connectivity index is 1.93. The first kappa shape index (κ1) is 15.0. The van der Waals surface area contributed by atoms with E-state index in [1.165, 1.54) is 0 Å². The maximum atomic E-state index is 11.5. The molecule has 0 amide bonds. The number of aromatic nitrogens is 1. The van der Waals surface area contributed by atoms with E-state index in [2.05, 4.69) is 11.9 Å². The Bertz CT molecular complexity index is 588. The zero-order valence-corrected chi connectivity index (χ0v) is 12.2. The summed E-state index contributed by atoms with van der Waals surface area (Å²) in [7, 11) is 0. The van der Waals surface area contributed by atoms with Crippen molar-refractivity contribution in [1.29, 1.82) is 0 Å². The molecule has 2 rings (SSSR count). The van der Waals surface area contributed by atoms with E-state index in [0.717, 1.165) is 24.1 Å². The second-order valence-electron chi connectivity index (χ2n) is 4.73. The van der Waals surface area contributed by atoms with Gasteiger partial charge in [0, 0.05) is 12.6 Å². The van der Waals surface area contributed by atoms with Crippen LogP contribution in [-0.4, -0.2) is 11.0 Å². The van der Waals surface area contributed by atoms with Crippen LogP contribution in [-0.2, 0) is 4.79 Å². The van der Waals surface area contributed by atoms with Gasteiger partial charge in [-0.25, -0.2) is 0 Å². The van der Waals surface area contributed by atoms with Gasteiger partial charge >= 0.3 is 5.97 Å². The molecule has 0 N–H and O–H groups in total. The van der Waals surface area contributed by atoms with E-state index in [1.807, 2.05) is 54.6 Å². The molecule has 3 nitrogen and oxygen atoms in total. The lowest BCUT2D eigenvalue weighted by molar-refractivity contribution is -0.134. The van der Waals surface area contributed by atoms with Crippen molar-refractivity contribution in [2.75, 3.05) is 0 Å². The van der Waals surface area contributed by atoms with Gasteiger partial charge in [-0.2, -0.15) is 0 Å². The molecule has 1 aromatic heterocycles. The lowest BCUT2D eigenvalue weighted by atomic mass is 10.2. The third-order valence-electron chi connectivity index (χ3n) is 2.98. The summed E-state index contributed by atoms with van der Waals surface area (Å²) in [5, 5.41) is 0. The molecule has 0 spiro atoms. The van der Waals surface area contributed by atoms with Crippen LogP contribution in [0, 0.1) is 0 Å². The van der Waals surface area contributed by atoms with Crippen LogP contribution in [0.3, 0.4) is 0 Å². The second-order valence-corrected chi connectivity index (χ2v) is 4.73. The van der Waals surface area contributed by atoms with E-state index in [1.54, 1.807) is 6.20 Å². The van der Waals surface area contributed by atoms with Crippen LogP contribution in [0.2, 0.25) is 0 Å². The van der Waals surface area contributed by atoms with Crippen LogP contribution in [0.5, 0.6) is 5.75 Å². The number of hydrogen-bond donors (Lipinski definition) is 0. The highest BCUT2D eigenvalue weighted by molar-refractivity contribution is 5.73. The number of nitrogens with zero attached hydrogens (tertiary/aromatic N) is 1. The molecule has 2 aromatic rings. The molecular formula is C18H19NO2. The third-order valence-corrected chi connectivity index (χ3v) is 2.98. The fraction of sp³-hybridized carbons (Fsp3) is 0.222. The highest BCUT2D eigenvalue weighted by Gasteiger charge is 2.03. The van der Waals surface area contributed by atoms with Crippen LogP contribution >= 0.6 is 0 Å². The summed E-state index contributed by atoms with van der Waals surface area (Å²) in [4.78, 5) is 15.7. The zero-order chi connectivity index (χ0) is 14.9. The molecule has 0 aliphatic carbocycles. The smallest absolute Gasteiger partial charge is 0.311 e. The molecule has 0 aliphatic heterocycles. The summed E-state index contributed by atoms with van der Waals surface area (Å²) in [5.74, 6) is 0.416. The van der Waals surface area contributed by atoms with Crippen molar-refractivity contribution in [3.8, 4) is 5.75 Å². The van der Waals surface area contributed by atoms with E-state index in [4.69, 9.17) is 4.74 Å². The summed E-state index contributed by atoms with van der Waals surface area (Å²) in [6.07, 6.45) is 8.01. The summed E-state index contributed by atoms with van der Waals surface area (Å²) >= 11 is 0. The number of carbonyl (C=O) groups is 1. The second kappa shape index (κ2) is 8.00. The summed E-state index contributed by atoms with van der Waals surface area (Å²) in [6, 6.07) is 13.2. The SMILES string of the molecule is CCCCC(=O)Oc1ccc(/C=C/c2ccccn2)cc1. The number of pyridine rings is 1. The number of esters is 1. The van der Waals surface area contributed by atoms with Gasteiger partial charge in [0.1, 0.15) is 5.75 Å². The molecule has 1 aromatic carbocycles. The van der Waals surface area contributed by atoms with Crippen LogP contribution in [0.15, 0.2) is 48.7 Å². The van der Waals surface area contributed by atoms with Gasteiger partial charge in [-0.15, -0.1) is 0 Å². The molecule has 1 heterocycles. The number of unbranched alkanes of at least 4 members (excludes halogenated alkanes) is 1. The van der Waals surface area contributed by atoms with E-state index >= 15 is 0 Å². The van der Waals surface area contributed by atoms with Crippen LogP contribution in [0.4, 0.5) is 0 Å². The number of carbonyl (C=O) groups excluding carboxylic acids is 1. The highest BCUT2D eigenvalue weighted by atomic mass is 16.5. The summed E-state index contributed by atoms with van der Waals surface area (Å²) in [6.45, 7) is 2.05. The first-order valence-corrected chi connectivity index (χ1v) is 7.18. The van der Waals surface area contributed by atoms with Crippen molar-refractivity contribution in [2.24, 2.45) is 0 Å². The molecule has 0 saturated carbocycles. The largest absolute Gasteiger partial charge is 0.427 e. The Morgan fingerprint density at radius 3 is 2.62 bits per heavy atom. The Kier molecular flexibility index (Phi) is 5.71. The first-order valence-electron chi connectivity index (χ1n) is 7.18. The van der Waals surface area contributed by atoms with Crippen molar-refractivity contribution in [3.05, 3.63) is 59.9 Å². The number of hydrogen-bond acceptors (Lipinski definition) is 3. The Hall–Kier alpha value is -2.42. The monoisotopic (exact) mass is 281 g/mol. The molecule has 0 bridgehead atoms. The Morgan fingerprint density at radius 1 is 1.14 bits per heavy atom. The van der Waals surface area contributed by atoms with E-state index in [0.29, 0.717) is 12.2 Å². The molecule has 0 aliphatic rings. The molecule has 0 radical (unpaired) electrons. The predicted molar refractivity (Wildman–Crippen MR) is 84.8 cm³/mol. The summed E-state index contributed by atoms with van der Waals surface area (Å²) < 4.78 is 5.26. The molecule has 21 heavy (non-hydrogen) atoms. The van der Waals surface area contributed by atoms with Gasteiger partial charge in [0.25, 0.3) is 0 Å². The summed E-state index contributed by atoms with van der Waals surface area (Å²) in [5.41, 5.74) is 1.95. The zero-order valence-electron chi connectivity index (χ0n) is 12.2. The number of ether oxygens (including phenoxy) is 1. The lowest BCUT2D eigenvalue weighted by Crippen LogP contribution is -2.07. The Labute approximate surface area is 125 Å². The van der Waals surface area contributed by atoms with Crippen molar-refractivity contribution in [3.63, 3.8) is 0 Å². The fourth-order valence-electron chi connectivity index (χ4n) is 1.81. The van der Waals surface area contributed by atoms with Gasteiger partial charge in [-0.05, 0) is 42.3 Å². The van der Waals surface area contributed by atoms with E-state index < -0.39 is 0 Å².